The summed E-state index contributed by atoms with van der Waals surface area (Å²) in [5, 5.41) is 8.95. The lowest BCUT2D eigenvalue weighted by Gasteiger charge is -2.24. The molecular formula is C7H15NO. The van der Waals surface area contributed by atoms with Crippen LogP contribution in [0.5, 0.6) is 0 Å². The first-order valence-corrected chi connectivity index (χ1v) is 3.24. The molecule has 0 spiro atoms. The average molecular weight is 129 g/mol. The lowest BCUT2D eigenvalue weighted by molar-refractivity contribution is 0.283. The minimum Gasteiger partial charge on any atom is -0.511 e. The molecule has 2 nitrogen and oxygen atoms in total. The first-order chi connectivity index (χ1) is 4.06. The first-order valence-electron chi connectivity index (χ1n) is 3.24. The van der Waals surface area contributed by atoms with Crippen LogP contribution in [0.2, 0.25) is 0 Å². The van der Waals surface area contributed by atoms with Gasteiger partial charge in [-0.05, 0) is 12.8 Å². The van der Waals surface area contributed by atoms with Gasteiger partial charge >= 0.3 is 0 Å². The highest BCUT2D eigenvalue weighted by Crippen LogP contribution is 2.17. The first kappa shape index (κ1) is 8.50. The SMILES string of the molecule is C=C(O)C(N)(CC)CC. The number of hydrogen-bond donors (Lipinski definition) is 2. The van der Waals surface area contributed by atoms with Gasteiger partial charge in [-0.2, -0.15) is 0 Å². The lowest BCUT2D eigenvalue weighted by atomic mass is 9.93. The molecule has 0 aliphatic rings. The molecule has 0 amide bonds. The van der Waals surface area contributed by atoms with Gasteiger partial charge in [0.05, 0.1) is 5.54 Å². The molecule has 54 valence electrons. The highest BCUT2D eigenvalue weighted by molar-refractivity contribution is 5.05. The van der Waals surface area contributed by atoms with Crippen molar-refractivity contribution in [3.05, 3.63) is 12.3 Å². The van der Waals surface area contributed by atoms with Gasteiger partial charge in [0.15, 0.2) is 0 Å². The Bertz CT molecular complexity index is 105. The second-order valence-electron chi connectivity index (χ2n) is 2.31. The largest absolute Gasteiger partial charge is 0.511 e. The van der Waals surface area contributed by atoms with Gasteiger partial charge in [0.1, 0.15) is 5.76 Å². The van der Waals surface area contributed by atoms with Gasteiger partial charge in [-0.25, -0.2) is 0 Å². The number of rotatable bonds is 3. The van der Waals surface area contributed by atoms with Crippen LogP contribution >= 0.6 is 0 Å². The summed E-state index contributed by atoms with van der Waals surface area (Å²) in [6.07, 6.45) is 1.47. The van der Waals surface area contributed by atoms with Gasteiger partial charge in [0.25, 0.3) is 0 Å². The Kier molecular flexibility index (Phi) is 2.71. The zero-order valence-corrected chi connectivity index (χ0v) is 6.15. The Morgan fingerprint density at radius 1 is 1.56 bits per heavy atom. The lowest BCUT2D eigenvalue weighted by Crippen LogP contribution is -2.39. The molecule has 0 aliphatic heterocycles. The van der Waals surface area contributed by atoms with Crippen LogP contribution in [0.25, 0.3) is 0 Å². The fourth-order valence-corrected chi connectivity index (χ4v) is 0.658. The van der Waals surface area contributed by atoms with Crippen molar-refractivity contribution >= 4 is 0 Å². The van der Waals surface area contributed by atoms with E-state index >= 15 is 0 Å². The highest BCUT2D eigenvalue weighted by atomic mass is 16.3. The predicted molar refractivity (Wildman–Crippen MR) is 39.3 cm³/mol. The van der Waals surface area contributed by atoms with Crippen molar-refractivity contribution in [3.63, 3.8) is 0 Å². The van der Waals surface area contributed by atoms with E-state index in [-0.39, 0.29) is 5.76 Å². The van der Waals surface area contributed by atoms with E-state index in [1.54, 1.807) is 0 Å². The van der Waals surface area contributed by atoms with Crippen molar-refractivity contribution in [2.24, 2.45) is 5.73 Å². The molecular weight excluding hydrogens is 114 g/mol. The van der Waals surface area contributed by atoms with Crippen molar-refractivity contribution in [2.75, 3.05) is 0 Å². The van der Waals surface area contributed by atoms with E-state index in [1.807, 2.05) is 13.8 Å². The van der Waals surface area contributed by atoms with Crippen LogP contribution in [-0.2, 0) is 0 Å². The minimum absolute atomic E-state index is 0.0903. The van der Waals surface area contributed by atoms with Crippen molar-refractivity contribution in [1.29, 1.82) is 0 Å². The van der Waals surface area contributed by atoms with Crippen molar-refractivity contribution in [1.82, 2.24) is 0 Å². The fraction of sp³-hybridized carbons (Fsp3) is 0.714. The van der Waals surface area contributed by atoms with Crippen molar-refractivity contribution in [2.45, 2.75) is 32.2 Å². The third-order valence-corrected chi connectivity index (χ3v) is 1.84. The van der Waals surface area contributed by atoms with Crippen molar-refractivity contribution < 1.29 is 5.11 Å². The smallest absolute Gasteiger partial charge is 0.105 e. The van der Waals surface area contributed by atoms with Crippen LogP contribution in [0.1, 0.15) is 26.7 Å². The topological polar surface area (TPSA) is 46.2 Å². The van der Waals surface area contributed by atoms with Crippen molar-refractivity contribution in [3.8, 4) is 0 Å². The summed E-state index contributed by atoms with van der Waals surface area (Å²) in [6, 6.07) is 0. The molecule has 0 fully saturated rings. The molecule has 0 aromatic heterocycles. The van der Waals surface area contributed by atoms with E-state index in [2.05, 4.69) is 6.58 Å². The molecule has 0 rings (SSSR count). The summed E-state index contributed by atoms with van der Waals surface area (Å²) in [5.41, 5.74) is 5.13. The maximum absolute atomic E-state index is 8.95. The Balaban J connectivity index is 4.09. The van der Waals surface area contributed by atoms with Crippen LogP contribution in [0.15, 0.2) is 12.3 Å². The summed E-state index contributed by atoms with van der Waals surface area (Å²) in [4.78, 5) is 0. The highest BCUT2D eigenvalue weighted by Gasteiger charge is 2.23. The van der Waals surface area contributed by atoms with Crippen LogP contribution in [0, 0.1) is 0 Å². The summed E-state index contributed by atoms with van der Waals surface area (Å²) in [5.74, 6) is 0.0903. The number of aliphatic hydroxyl groups is 1. The third kappa shape index (κ3) is 1.72. The summed E-state index contributed by atoms with van der Waals surface area (Å²) in [6.45, 7) is 7.27. The number of aliphatic hydroxyl groups excluding tert-OH is 1. The Morgan fingerprint density at radius 2 is 1.89 bits per heavy atom. The second kappa shape index (κ2) is 2.87. The standard InChI is InChI=1S/C7H15NO/c1-4-7(8,5-2)6(3)9/h9H,3-5,8H2,1-2H3. The van der Waals surface area contributed by atoms with Gasteiger partial charge in [-0.3, -0.25) is 0 Å². The Hall–Kier alpha value is -0.500. The molecule has 0 bridgehead atoms. The maximum atomic E-state index is 8.95. The van der Waals surface area contributed by atoms with E-state index in [1.165, 1.54) is 0 Å². The molecule has 0 saturated carbocycles. The molecule has 2 heteroatoms. The predicted octanol–water partition coefficient (Wildman–Crippen LogP) is 1.58. The Morgan fingerprint density at radius 3 is 1.89 bits per heavy atom. The van der Waals surface area contributed by atoms with E-state index in [4.69, 9.17) is 10.8 Å². The van der Waals surface area contributed by atoms with Gasteiger partial charge in [0.2, 0.25) is 0 Å². The summed E-state index contributed by atoms with van der Waals surface area (Å²) >= 11 is 0. The third-order valence-electron chi connectivity index (χ3n) is 1.84. The van der Waals surface area contributed by atoms with E-state index in [9.17, 15) is 0 Å². The summed E-state index contributed by atoms with van der Waals surface area (Å²) in [7, 11) is 0. The molecule has 3 N–H and O–H groups in total. The van der Waals surface area contributed by atoms with E-state index in [0.717, 1.165) is 12.8 Å². The average Bonchev–Trinajstić information content (AvgIpc) is 1.86. The molecule has 9 heavy (non-hydrogen) atoms. The number of hydrogen-bond acceptors (Lipinski definition) is 2. The zero-order chi connectivity index (χ0) is 7.49. The minimum atomic E-state index is -0.556. The molecule has 0 unspecified atom stereocenters. The molecule has 0 aromatic carbocycles. The van der Waals surface area contributed by atoms with Crippen LogP contribution in [-0.4, -0.2) is 10.6 Å². The summed E-state index contributed by atoms with van der Waals surface area (Å²) < 4.78 is 0. The van der Waals surface area contributed by atoms with Crippen LogP contribution < -0.4 is 5.73 Å². The maximum Gasteiger partial charge on any atom is 0.105 e. The quantitative estimate of drug-likeness (QED) is 0.568. The molecule has 0 heterocycles. The molecule has 0 aromatic rings. The molecule has 0 radical (unpaired) electrons. The second-order valence-corrected chi connectivity index (χ2v) is 2.31. The monoisotopic (exact) mass is 129 g/mol. The van der Waals surface area contributed by atoms with Crippen LogP contribution in [0.4, 0.5) is 0 Å². The zero-order valence-electron chi connectivity index (χ0n) is 6.15. The van der Waals surface area contributed by atoms with Gasteiger partial charge < -0.3 is 10.8 Å². The fourth-order valence-electron chi connectivity index (χ4n) is 0.658. The molecule has 0 aliphatic carbocycles. The van der Waals surface area contributed by atoms with Crippen LogP contribution in [0.3, 0.4) is 0 Å². The van der Waals surface area contributed by atoms with E-state index < -0.39 is 5.54 Å². The normalized spacial score (nSPS) is 11.4. The van der Waals surface area contributed by atoms with Gasteiger partial charge in [-0.1, -0.05) is 20.4 Å². The van der Waals surface area contributed by atoms with E-state index in [0.29, 0.717) is 0 Å². The molecule has 0 atom stereocenters. The van der Waals surface area contributed by atoms with Gasteiger partial charge in [-0.15, -0.1) is 0 Å². The van der Waals surface area contributed by atoms with Gasteiger partial charge in [0, 0.05) is 0 Å². The molecule has 0 saturated heterocycles. The Labute approximate surface area is 56.4 Å². The number of nitrogens with two attached hydrogens (primary N) is 1.